The Kier molecular flexibility index (Phi) is 2.44. The van der Waals surface area contributed by atoms with Crippen LogP contribution in [0.5, 0.6) is 0 Å². The second-order valence-electron chi connectivity index (χ2n) is 9.58. The minimum atomic E-state index is -0.971. The van der Waals surface area contributed by atoms with E-state index in [0.717, 1.165) is 24.1 Å². The van der Waals surface area contributed by atoms with E-state index < -0.39 is 21.9 Å². The zero-order valence-electron chi connectivity index (χ0n) is 15.6. The molecule has 5 fully saturated rings. The zero-order valence-corrected chi connectivity index (χ0v) is 15.6. The minimum Gasteiger partial charge on any atom is -0.339 e. The highest BCUT2D eigenvalue weighted by Gasteiger charge is 2.80. The molecule has 3 amide bonds. The number of rotatable bonds is 0. The highest BCUT2D eigenvalue weighted by Crippen LogP contribution is 2.69. The molecule has 1 aromatic carbocycles. The molecule has 2 N–H and O–H groups in total. The van der Waals surface area contributed by atoms with Crippen LogP contribution in [0, 0.1) is 11.3 Å². The van der Waals surface area contributed by atoms with Gasteiger partial charge in [-0.15, -0.1) is 0 Å². The Labute approximate surface area is 157 Å². The van der Waals surface area contributed by atoms with Gasteiger partial charge in [0.25, 0.3) is 0 Å². The normalized spacial score (nSPS) is 42.8. The number of piperidine rings is 2. The van der Waals surface area contributed by atoms with Gasteiger partial charge in [0.2, 0.25) is 17.7 Å². The Morgan fingerprint density at radius 1 is 1.11 bits per heavy atom. The van der Waals surface area contributed by atoms with E-state index in [0.29, 0.717) is 19.4 Å². The van der Waals surface area contributed by atoms with Crippen LogP contribution < -0.4 is 10.6 Å². The number of benzene rings is 1. The van der Waals surface area contributed by atoms with Gasteiger partial charge in [-0.25, -0.2) is 0 Å². The van der Waals surface area contributed by atoms with Crippen LogP contribution in [0.1, 0.15) is 45.1 Å². The van der Waals surface area contributed by atoms with Gasteiger partial charge in [0.1, 0.15) is 11.1 Å². The van der Waals surface area contributed by atoms with Crippen molar-refractivity contribution in [3.05, 3.63) is 29.8 Å². The predicted molar refractivity (Wildman–Crippen MR) is 97.8 cm³/mol. The van der Waals surface area contributed by atoms with Crippen molar-refractivity contribution < 1.29 is 14.4 Å². The van der Waals surface area contributed by atoms with Crippen LogP contribution in [0.3, 0.4) is 0 Å². The maximum atomic E-state index is 13.6. The average Bonchev–Trinajstić information content (AvgIpc) is 3.24. The highest BCUT2D eigenvalue weighted by atomic mass is 16.2. The Morgan fingerprint density at radius 3 is 2.70 bits per heavy atom. The van der Waals surface area contributed by atoms with E-state index in [2.05, 4.69) is 24.5 Å². The maximum Gasteiger partial charge on any atom is 0.249 e. The van der Waals surface area contributed by atoms with E-state index in [1.54, 1.807) is 0 Å². The van der Waals surface area contributed by atoms with E-state index in [9.17, 15) is 14.4 Å². The smallest absolute Gasteiger partial charge is 0.249 e. The van der Waals surface area contributed by atoms with Gasteiger partial charge in [-0.3, -0.25) is 14.4 Å². The molecule has 5 heterocycles. The number of nitrogens with one attached hydrogen (secondary N) is 2. The molecule has 4 atom stereocenters. The summed E-state index contributed by atoms with van der Waals surface area (Å²) in [6.45, 7) is 4.88. The molecule has 27 heavy (non-hydrogen) atoms. The van der Waals surface area contributed by atoms with Gasteiger partial charge < -0.3 is 15.5 Å². The molecule has 3 spiro atoms. The molecule has 4 unspecified atom stereocenters. The molecule has 1 aromatic rings. The summed E-state index contributed by atoms with van der Waals surface area (Å²) in [7, 11) is 0. The van der Waals surface area contributed by atoms with E-state index in [1.165, 1.54) is 0 Å². The third-order valence-corrected chi connectivity index (χ3v) is 8.55. The van der Waals surface area contributed by atoms with E-state index in [4.69, 9.17) is 0 Å². The molecule has 0 radical (unpaired) electrons. The number of hydrogen-bond acceptors (Lipinski definition) is 3. The quantitative estimate of drug-likeness (QED) is 0.732. The van der Waals surface area contributed by atoms with Crippen molar-refractivity contribution in [2.24, 2.45) is 11.3 Å². The van der Waals surface area contributed by atoms with Crippen molar-refractivity contribution in [2.75, 3.05) is 11.9 Å². The number of para-hydroxylation sites is 1. The van der Waals surface area contributed by atoms with Crippen LogP contribution in [0.4, 0.5) is 5.69 Å². The predicted octanol–water partition coefficient (Wildman–Crippen LogP) is 1.56. The van der Waals surface area contributed by atoms with Crippen LogP contribution in [0.15, 0.2) is 24.3 Å². The van der Waals surface area contributed by atoms with E-state index >= 15 is 0 Å². The second-order valence-corrected chi connectivity index (χ2v) is 9.58. The first-order valence-corrected chi connectivity index (χ1v) is 9.85. The first-order chi connectivity index (χ1) is 12.8. The summed E-state index contributed by atoms with van der Waals surface area (Å²) in [6.07, 6.45) is 2.60. The number of piperazine rings is 1. The third-order valence-electron chi connectivity index (χ3n) is 8.55. The van der Waals surface area contributed by atoms with Crippen LogP contribution in [-0.4, -0.2) is 40.2 Å². The Hall–Kier alpha value is -2.37. The summed E-state index contributed by atoms with van der Waals surface area (Å²) >= 11 is 0. The summed E-state index contributed by atoms with van der Waals surface area (Å²) in [5.41, 5.74) is -1.14. The Bertz CT molecular complexity index is 956. The number of amides is 3. The van der Waals surface area contributed by atoms with Crippen molar-refractivity contribution in [3.63, 3.8) is 0 Å². The highest BCUT2D eigenvalue weighted by molar-refractivity contribution is 6.11. The maximum absolute atomic E-state index is 13.6. The summed E-state index contributed by atoms with van der Waals surface area (Å²) in [4.78, 5) is 41.9. The molecule has 4 saturated heterocycles. The first kappa shape index (κ1) is 15.7. The van der Waals surface area contributed by atoms with Crippen LogP contribution in [0.2, 0.25) is 0 Å². The Morgan fingerprint density at radius 2 is 1.89 bits per heavy atom. The molecule has 1 saturated carbocycles. The van der Waals surface area contributed by atoms with Gasteiger partial charge in [-0.05, 0) is 42.7 Å². The number of hydrogen-bond donors (Lipinski definition) is 2. The molecule has 2 bridgehead atoms. The molecule has 6 nitrogen and oxygen atoms in total. The SMILES string of the molecule is CC1(C)C2CC34CCCN3C(=O)C2(CC12C(=O)Nc1ccccc12)NC4=O. The fourth-order valence-electron chi connectivity index (χ4n) is 7.27. The lowest BCUT2D eigenvalue weighted by atomic mass is 9.57. The van der Waals surface area contributed by atoms with Gasteiger partial charge in [-0.1, -0.05) is 32.0 Å². The zero-order chi connectivity index (χ0) is 18.8. The molecule has 0 aromatic heterocycles. The van der Waals surface area contributed by atoms with Crippen LogP contribution in [0.25, 0.3) is 0 Å². The van der Waals surface area contributed by atoms with E-state index in [1.807, 2.05) is 29.2 Å². The molecule has 7 rings (SSSR count). The van der Waals surface area contributed by atoms with Gasteiger partial charge in [-0.2, -0.15) is 0 Å². The van der Waals surface area contributed by atoms with Crippen molar-refractivity contribution in [3.8, 4) is 0 Å². The number of fused-ring (bicyclic) bond motifs is 3. The van der Waals surface area contributed by atoms with Crippen LogP contribution in [-0.2, 0) is 19.8 Å². The summed E-state index contributed by atoms with van der Waals surface area (Å²) < 4.78 is 0. The molecule has 6 heteroatoms. The fraction of sp³-hybridized carbons (Fsp3) is 0.571. The Balaban J connectivity index is 1.61. The topological polar surface area (TPSA) is 78.5 Å². The summed E-state index contributed by atoms with van der Waals surface area (Å²) in [5.74, 6) is -0.0875. The lowest BCUT2D eigenvalue weighted by Crippen LogP contribution is -2.81. The minimum absolute atomic E-state index is 0.0182. The molecule has 140 valence electrons. The summed E-state index contributed by atoms with van der Waals surface area (Å²) in [5, 5.41) is 6.20. The second kappa shape index (κ2) is 4.21. The fourth-order valence-corrected chi connectivity index (χ4v) is 7.27. The molecular weight excluding hydrogens is 342 g/mol. The molecule has 5 aliphatic heterocycles. The number of carbonyl (C=O) groups is 3. The number of carbonyl (C=O) groups excluding carboxylic acids is 3. The lowest BCUT2D eigenvalue weighted by Gasteiger charge is -2.59. The number of nitrogens with zero attached hydrogens (tertiary/aromatic N) is 1. The van der Waals surface area contributed by atoms with Crippen molar-refractivity contribution in [1.29, 1.82) is 0 Å². The average molecular weight is 365 g/mol. The lowest BCUT2D eigenvalue weighted by molar-refractivity contribution is -0.175. The van der Waals surface area contributed by atoms with Crippen molar-refractivity contribution in [2.45, 2.75) is 56.0 Å². The number of anilines is 1. The van der Waals surface area contributed by atoms with Crippen LogP contribution >= 0.6 is 0 Å². The van der Waals surface area contributed by atoms with Gasteiger partial charge in [0.15, 0.2) is 0 Å². The van der Waals surface area contributed by atoms with Crippen molar-refractivity contribution in [1.82, 2.24) is 10.2 Å². The molecular formula is C21H23N3O3. The van der Waals surface area contributed by atoms with Gasteiger partial charge >= 0.3 is 0 Å². The first-order valence-electron chi connectivity index (χ1n) is 9.85. The molecule has 6 aliphatic rings. The van der Waals surface area contributed by atoms with Gasteiger partial charge in [0.05, 0.1) is 5.41 Å². The molecule has 1 aliphatic carbocycles. The third kappa shape index (κ3) is 1.35. The van der Waals surface area contributed by atoms with E-state index in [-0.39, 0.29) is 23.6 Å². The largest absolute Gasteiger partial charge is 0.339 e. The van der Waals surface area contributed by atoms with Gasteiger partial charge in [0, 0.05) is 18.2 Å². The summed E-state index contributed by atoms with van der Waals surface area (Å²) in [6, 6.07) is 7.79. The monoisotopic (exact) mass is 365 g/mol. The standard InChI is InChI=1S/C21H23N3O3/c1-18(2)14-10-19-8-5-9-24(19)17(27)21(14,23-15(19)25)11-20(18)12-6-3-4-7-13(12)22-16(20)26/h3-4,6-7,14H,5,8-11H2,1-2H3,(H,22,26)(H,23,25). The van der Waals surface area contributed by atoms with Crippen molar-refractivity contribution >= 4 is 23.4 Å².